The fourth-order valence-electron chi connectivity index (χ4n) is 1.87. The van der Waals surface area contributed by atoms with Crippen LogP contribution < -0.4 is 9.54 Å². The van der Waals surface area contributed by atoms with Crippen LogP contribution in [0.2, 0.25) is 0 Å². The molecule has 5 nitrogen and oxygen atoms in total. The van der Waals surface area contributed by atoms with Gasteiger partial charge in [0, 0.05) is 11.8 Å². The molecule has 1 amide bonds. The number of amides is 1. The lowest BCUT2D eigenvalue weighted by Gasteiger charge is -1.98. The first-order valence-corrected chi connectivity index (χ1v) is 7.12. The number of benzene rings is 1. The summed E-state index contributed by atoms with van der Waals surface area (Å²) in [7, 11) is 1.58. The minimum atomic E-state index is -0.311. The molecule has 6 heteroatoms. The van der Waals surface area contributed by atoms with Crippen molar-refractivity contribution in [2.24, 2.45) is 4.99 Å². The molecule has 3 rings (SSSR count). The van der Waals surface area contributed by atoms with Gasteiger partial charge in [-0.25, -0.2) is 0 Å². The molecule has 3 aromatic rings. The highest BCUT2D eigenvalue weighted by molar-refractivity contribution is 7.03. The number of hydrogen-bond donors (Lipinski definition) is 0. The number of fused-ring (bicyclic) bond motifs is 1. The summed E-state index contributed by atoms with van der Waals surface area (Å²) in [5.74, 6) is 0.395. The van der Waals surface area contributed by atoms with Crippen molar-refractivity contribution in [2.75, 3.05) is 7.11 Å². The number of carbonyl (C=O) groups excluding carboxylic acids is 1. The van der Waals surface area contributed by atoms with Crippen molar-refractivity contribution in [1.29, 1.82) is 0 Å². The van der Waals surface area contributed by atoms with E-state index in [9.17, 15) is 4.79 Å². The molecule has 0 bridgehead atoms. The monoisotopic (exact) mass is 299 g/mol. The SMILES string of the molecule is COc1ccc(C(=O)N=c2nc3cc(C)ccn3s2)cc1. The van der Waals surface area contributed by atoms with Crippen LogP contribution in [-0.2, 0) is 0 Å². The molecule has 0 radical (unpaired) electrons. The van der Waals surface area contributed by atoms with E-state index in [1.54, 1.807) is 31.4 Å². The summed E-state index contributed by atoms with van der Waals surface area (Å²) in [6.45, 7) is 2.00. The molecule has 0 saturated heterocycles. The van der Waals surface area contributed by atoms with Crippen molar-refractivity contribution >= 4 is 23.1 Å². The lowest BCUT2D eigenvalue weighted by molar-refractivity contribution is 0.0998. The number of rotatable bonds is 2. The van der Waals surface area contributed by atoms with E-state index in [1.165, 1.54) is 11.5 Å². The molecule has 106 valence electrons. The number of hydrogen-bond acceptors (Lipinski definition) is 4. The Morgan fingerprint density at radius 3 is 2.76 bits per heavy atom. The van der Waals surface area contributed by atoms with E-state index in [-0.39, 0.29) is 5.91 Å². The molecule has 0 saturated carbocycles. The van der Waals surface area contributed by atoms with Crippen LogP contribution in [-0.4, -0.2) is 21.8 Å². The summed E-state index contributed by atoms with van der Waals surface area (Å²) in [5, 5.41) is 0. The van der Waals surface area contributed by atoms with Gasteiger partial charge in [-0.2, -0.15) is 9.98 Å². The minimum Gasteiger partial charge on any atom is -0.497 e. The molecule has 0 spiro atoms. The van der Waals surface area contributed by atoms with Crippen LogP contribution in [0.4, 0.5) is 0 Å². The maximum absolute atomic E-state index is 12.1. The van der Waals surface area contributed by atoms with Gasteiger partial charge in [0.25, 0.3) is 5.91 Å². The maximum atomic E-state index is 12.1. The molecule has 0 unspecified atom stereocenters. The highest BCUT2D eigenvalue weighted by atomic mass is 32.1. The second-order valence-electron chi connectivity index (χ2n) is 4.52. The first-order chi connectivity index (χ1) is 10.2. The van der Waals surface area contributed by atoms with Gasteiger partial charge in [-0.1, -0.05) is 0 Å². The van der Waals surface area contributed by atoms with Crippen molar-refractivity contribution in [3.05, 3.63) is 58.5 Å². The first-order valence-electron chi connectivity index (χ1n) is 6.35. The Morgan fingerprint density at radius 1 is 1.29 bits per heavy atom. The van der Waals surface area contributed by atoms with E-state index in [0.717, 1.165) is 11.2 Å². The van der Waals surface area contributed by atoms with Crippen LogP contribution in [0.1, 0.15) is 15.9 Å². The van der Waals surface area contributed by atoms with Crippen LogP contribution >= 0.6 is 11.5 Å². The molecule has 0 N–H and O–H groups in total. The van der Waals surface area contributed by atoms with Crippen molar-refractivity contribution in [3.63, 3.8) is 0 Å². The maximum Gasteiger partial charge on any atom is 0.279 e. The predicted molar refractivity (Wildman–Crippen MR) is 80.7 cm³/mol. The first kappa shape index (κ1) is 13.5. The third-order valence-corrected chi connectivity index (χ3v) is 3.83. The Kier molecular flexibility index (Phi) is 3.53. The Morgan fingerprint density at radius 2 is 2.05 bits per heavy atom. The average Bonchev–Trinajstić information content (AvgIpc) is 2.88. The Hall–Kier alpha value is -2.47. The molecule has 0 aliphatic carbocycles. The lowest BCUT2D eigenvalue weighted by Crippen LogP contribution is -2.04. The van der Waals surface area contributed by atoms with Crippen molar-refractivity contribution < 1.29 is 9.53 Å². The number of nitrogens with zero attached hydrogens (tertiary/aromatic N) is 3. The molecule has 2 aromatic heterocycles. The van der Waals surface area contributed by atoms with Crippen LogP contribution in [0.15, 0.2) is 47.6 Å². The van der Waals surface area contributed by atoms with Gasteiger partial charge in [-0.05, 0) is 60.4 Å². The van der Waals surface area contributed by atoms with E-state index in [4.69, 9.17) is 4.74 Å². The second-order valence-corrected chi connectivity index (χ2v) is 5.46. The number of pyridine rings is 1. The van der Waals surface area contributed by atoms with Crippen molar-refractivity contribution in [3.8, 4) is 5.75 Å². The Bertz CT molecular complexity index is 863. The molecule has 0 aliphatic heterocycles. The van der Waals surface area contributed by atoms with Crippen LogP contribution in [0, 0.1) is 6.92 Å². The summed E-state index contributed by atoms with van der Waals surface area (Å²) >= 11 is 1.33. The van der Waals surface area contributed by atoms with E-state index < -0.39 is 0 Å². The van der Waals surface area contributed by atoms with E-state index >= 15 is 0 Å². The second kappa shape index (κ2) is 5.49. The minimum absolute atomic E-state index is 0.311. The quantitative estimate of drug-likeness (QED) is 0.730. The molecular formula is C15H13N3O2S. The third-order valence-electron chi connectivity index (χ3n) is 2.98. The molecule has 0 atom stereocenters. The summed E-state index contributed by atoms with van der Waals surface area (Å²) < 4.78 is 6.94. The van der Waals surface area contributed by atoms with Crippen LogP contribution in [0.3, 0.4) is 0 Å². The summed E-state index contributed by atoms with van der Waals surface area (Å²) in [6, 6.07) is 10.8. The topological polar surface area (TPSA) is 56.0 Å². The van der Waals surface area contributed by atoms with E-state index in [1.807, 2.05) is 29.0 Å². The predicted octanol–water partition coefficient (Wildman–Crippen LogP) is 2.45. The van der Waals surface area contributed by atoms with Crippen molar-refractivity contribution in [1.82, 2.24) is 8.77 Å². The number of aromatic nitrogens is 2. The molecule has 21 heavy (non-hydrogen) atoms. The van der Waals surface area contributed by atoms with Crippen molar-refractivity contribution in [2.45, 2.75) is 6.92 Å². The summed E-state index contributed by atoms with van der Waals surface area (Å²) in [5.41, 5.74) is 2.42. The molecule has 0 aliphatic rings. The zero-order chi connectivity index (χ0) is 14.8. The lowest BCUT2D eigenvalue weighted by atomic mass is 10.2. The highest BCUT2D eigenvalue weighted by Gasteiger charge is 2.05. The third kappa shape index (κ3) is 2.85. The zero-order valence-corrected chi connectivity index (χ0v) is 12.4. The number of carbonyl (C=O) groups is 1. The van der Waals surface area contributed by atoms with Crippen LogP contribution in [0.5, 0.6) is 5.75 Å². The van der Waals surface area contributed by atoms with Gasteiger partial charge < -0.3 is 4.74 Å². The average molecular weight is 299 g/mol. The van der Waals surface area contributed by atoms with Gasteiger partial charge in [0.15, 0.2) is 0 Å². The van der Waals surface area contributed by atoms with Gasteiger partial charge in [-0.3, -0.25) is 8.58 Å². The van der Waals surface area contributed by atoms with Crippen LogP contribution in [0.25, 0.3) is 5.65 Å². The fraction of sp³-hybridized carbons (Fsp3) is 0.133. The van der Waals surface area contributed by atoms with Gasteiger partial charge >= 0.3 is 0 Å². The van der Waals surface area contributed by atoms with Gasteiger partial charge in [0.2, 0.25) is 4.80 Å². The number of aryl methyl sites for hydroxylation is 1. The van der Waals surface area contributed by atoms with E-state index in [0.29, 0.717) is 16.1 Å². The fourth-order valence-corrected chi connectivity index (χ4v) is 2.62. The van der Waals surface area contributed by atoms with Gasteiger partial charge in [-0.15, -0.1) is 0 Å². The van der Waals surface area contributed by atoms with Gasteiger partial charge in [0.05, 0.1) is 7.11 Å². The highest BCUT2D eigenvalue weighted by Crippen LogP contribution is 2.12. The summed E-state index contributed by atoms with van der Waals surface area (Å²) in [4.78, 5) is 21.0. The summed E-state index contributed by atoms with van der Waals surface area (Å²) in [6.07, 6.45) is 1.92. The van der Waals surface area contributed by atoms with E-state index in [2.05, 4.69) is 9.98 Å². The smallest absolute Gasteiger partial charge is 0.279 e. The zero-order valence-electron chi connectivity index (χ0n) is 11.6. The molecule has 2 heterocycles. The standard InChI is InChI=1S/C15H13N3O2S/c1-10-7-8-18-13(9-10)16-15(21-18)17-14(19)11-3-5-12(20-2)6-4-11/h3-9H,1-2H3. The number of methoxy groups -OCH3 is 1. The number of ether oxygens (including phenoxy) is 1. The molecule has 1 aromatic carbocycles. The molecule has 0 fully saturated rings. The normalized spacial score (nSPS) is 11.8. The molecular weight excluding hydrogens is 286 g/mol. The Labute approximate surface area is 125 Å². The largest absolute Gasteiger partial charge is 0.497 e. The van der Waals surface area contributed by atoms with Gasteiger partial charge in [0.1, 0.15) is 11.4 Å². The Balaban J connectivity index is 1.96.